The molecule has 0 aromatic rings. The van der Waals surface area contributed by atoms with Crippen molar-refractivity contribution in [1.82, 2.24) is 5.32 Å². The molecule has 1 fully saturated rings. The molecule has 0 bridgehead atoms. The van der Waals surface area contributed by atoms with Gasteiger partial charge >= 0.3 is 0 Å². The predicted octanol–water partition coefficient (Wildman–Crippen LogP) is -0.364. The molecule has 102 valence electrons. The minimum absolute atomic E-state index is 0.361. The summed E-state index contributed by atoms with van der Waals surface area (Å²) in [6.45, 7) is 7.91. The Morgan fingerprint density at radius 1 is 1.12 bits per heavy atom. The van der Waals surface area contributed by atoms with Crippen molar-refractivity contribution >= 4 is 0 Å². The summed E-state index contributed by atoms with van der Waals surface area (Å²) in [6.07, 6.45) is -0.361. The Morgan fingerprint density at radius 3 is 1.94 bits per heavy atom. The Hall–Kier alpha value is -0.200. The van der Waals surface area contributed by atoms with Gasteiger partial charge in [0.2, 0.25) is 0 Å². The monoisotopic (exact) mass is 247 g/mol. The highest BCUT2D eigenvalue weighted by Crippen LogP contribution is 2.48. The van der Waals surface area contributed by atoms with E-state index in [-0.39, 0.29) is 12.7 Å². The van der Waals surface area contributed by atoms with Gasteiger partial charge in [-0.3, -0.25) is 0 Å². The molecule has 1 aliphatic rings. The second-order valence-corrected chi connectivity index (χ2v) is 5.75. The van der Waals surface area contributed by atoms with Crippen molar-refractivity contribution in [3.8, 4) is 0 Å². The number of likely N-dealkylation sites (N-methyl/N-ethyl adjacent to an activating group) is 1. The minimum Gasteiger partial charge on any atom is -0.393 e. The van der Waals surface area contributed by atoms with Gasteiger partial charge in [-0.05, 0) is 41.7 Å². The van der Waals surface area contributed by atoms with E-state index in [9.17, 15) is 15.3 Å². The summed E-state index contributed by atoms with van der Waals surface area (Å²) >= 11 is 0. The number of rotatable bonds is 2. The molecule has 0 amide bonds. The SMILES string of the molecule is CNC1(C)C(C)OC(C)(CO)C(C)(O)C1(C)O. The standard InChI is InChI=1S/C12H25NO4/c1-8-10(3,13-6)12(5,16)11(4,15)9(2,7-14)17-8/h8,13-16H,7H2,1-6H3. The molecule has 4 N–H and O–H groups in total. The van der Waals surface area contributed by atoms with Crippen LogP contribution in [-0.4, -0.2) is 57.4 Å². The van der Waals surface area contributed by atoms with Gasteiger partial charge in [-0.15, -0.1) is 0 Å². The lowest BCUT2D eigenvalue weighted by atomic mass is 9.60. The summed E-state index contributed by atoms with van der Waals surface area (Å²) in [5, 5.41) is 33.9. The molecular weight excluding hydrogens is 222 g/mol. The van der Waals surface area contributed by atoms with Crippen LogP contribution in [-0.2, 0) is 4.74 Å². The van der Waals surface area contributed by atoms with Crippen LogP contribution in [0.5, 0.6) is 0 Å². The summed E-state index contributed by atoms with van der Waals surface area (Å²) in [6, 6.07) is 0. The zero-order valence-electron chi connectivity index (χ0n) is 11.5. The maximum Gasteiger partial charge on any atom is 0.123 e. The molecule has 1 aliphatic heterocycles. The highest BCUT2D eigenvalue weighted by molar-refractivity contribution is 5.21. The highest BCUT2D eigenvalue weighted by Gasteiger charge is 2.68. The van der Waals surface area contributed by atoms with E-state index < -0.39 is 22.3 Å². The van der Waals surface area contributed by atoms with Crippen LogP contribution >= 0.6 is 0 Å². The summed E-state index contributed by atoms with van der Waals surface area (Å²) in [7, 11) is 1.71. The summed E-state index contributed by atoms with van der Waals surface area (Å²) in [5.41, 5.74) is -5.06. The van der Waals surface area contributed by atoms with Gasteiger partial charge in [-0.25, -0.2) is 0 Å². The van der Waals surface area contributed by atoms with Crippen LogP contribution < -0.4 is 5.32 Å². The van der Waals surface area contributed by atoms with E-state index in [0.717, 1.165) is 0 Å². The fourth-order valence-electron chi connectivity index (χ4n) is 2.68. The number of hydrogen-bond donors (Lipinski definition) is 4. The van der Waals surface area contributed by atoms with Gasteiger partial charge in [0.25, 0.3) is 0 Å². The van der Waals surface area contributed by atoms with Crippen molar-refractivity contribution in [3.05, 3.63) is 0 Å². The van der Waals surface area contributed by atoms with E-state index in [4.69, 9.17) is 4.74 Å². The third kappa shape index (κ3) is 1.57. The molecule has 1 rings (SSSR count). The fraction of sp³-hybridized carbons (Fsp3) is 1.00. The van der Waals surface area contributed by atoms with E-state index >= 15 is 0 Å². The first kappa shape index (κ1) is 14.9. The highest BCUT2D eigenvalue weighted by atomic mass is 16.5. The molecule has 0 spiro atoms. The van der Waals surface area contributed by atoms with Gasteiger partial charge < -0.3 is 25.4 Å². The molecular formula is C12H25NO4. The van der Waals surface area contributed by atoms with Crippen molar-refractivity contribution in [1.29, 1.82) is 0 Å². The van der Waals surface area contributed by atoms with Crippen molar-refractivity contribution in [2.75, 3.05) is 13.7 Å². The van der Waals surface area contributed by atoms with Crippen LogP contribution in [0.4, 0.5) is 0 Å². The molecule has 0 aromatic heterocycles. The molecule has 1 saturated heterocycles. The molecule has 0 saturated carbocycles. The normalized spacial score (nSPS) is 55.9. The van der Waals surface area contributed by atoms with Crippen LogP contribution in [0, 0.1) is 0 Å². The lowest BCUT2D eigenvalue weighted by molar-refractivity contribution is -0.338. The Balaban J connectivity index is 3.36. The first-order valence-corrected chi connectivity index (χ1v) is 5.92. The van der Waals surface area contributed by atoms with Crippen LogP contribution in [0.25, 0.3) is 0 Å². The summed E-state index contributed by atoms with van der Waals surface area (Å²) in [4.78, 5) is 0. The number of aliphatic hydroxyl groups excluding tert-OH is 1. The maximum absolute atomic E-state index is 10.8. The smallest absolute Gasteiger partial charge is 0.123 e. The second kappa shape index (κ2) is 3.90. The van der Waals surface area contributed by atoms with Gasteiger partial charge in [-0.1, -0.05) is 0 Å². The molecule has 0 radical (unpaired) electrons. The molecule has 5 heteroatoms. The first-order valence-electron chi connectivity index (χ1n) is 5.92. The molecule has 5 unspecified atom stereocenters. The minimum atomic E-state index is -1.58. The van der Waals surface area contributed by atoms with Crippen molar-refractivity contribution in [3.63, 3.8) is 0 Å². The summed E-state index contributed by atoms with van der Waals surface area (Å²) in [5.74, 6) is 0. The van der Waals surface area contributed by atoms with Gasteiger partial charge in [0.05, 0.1) is 18.2 Å². The second-order valence-electron chi connectivity index (χ2n) is 5.75. The van der Waals surface area contributed by atoms with Crippen LogP contribution in [0.2, 0.25) is 0 Å². The van der Waals surface area contributed by atoms with Crippen LogP contribution in [0.15, 0.2) is 0 Å². The van der Waals surface area contributed by atoms with E-state index in [1.54, 1.807) is 27.8 Å². The number of aliphatic hydroxyl groups is 3. The first-order chi connectivity index (χ1) is 7.50. The topological polar surface area (TPSA) is 82.0 Å². The van der Waals surface area contributed by atoms with Crippen LogP contribution in [0.1, 0.15) is 34.6 Å². The van der Waals surface area contributed by atoms with Crippen molar-refractivity contribution < 1.29 is 20.1 Å². The lowest BCUT2D eigenvalue weighted by Crippen LogP contribution is -2.83. The Labute approximate surface area is 103 Å². The summed E-state index contributed by atoms with van der Waals surface area (Å²) < 4.78 is 5.76. The predicted molar refractivity (Wildman–Crippen MR) is 64.8 cm³/mol. The van der Waals surface area contributed by atoms with Gasteiger partial charge in [0.1, 0.15) is 16.8 Å². The Bertz CT molecular complexity index is 305. The number of hydrogen-bond acceptors (Lipinski definition) is 5. The Kier molecular flexibility index (Phi) is 3.41. The zero-order chi connectivity index (χ0) is 13.7. The van der Waals surface area contributed by atoms with Gasteiger partial charge in [0.15, 0.2) is 0 Å². The number of ether oxygens (including phenoxy) is 1. The van der Waals surface area contributed by atoms with E-state index in [1.807, 2.05) is 6.92 Å². The zero-order valence-corrected chi connectivity index (χ0v) is 11.5. The lowest BCUT2D eigenvalue weighted by Gasteiger charge is -2.63. The van der Waals surface area contributed by atoms with E-state index in [1.165, 1.54) is 6.92 Å². The van der Waals surface area contributed by atoms with Crippen molar-refractivity contribution in [2.45, 2.75) is 63.1 Å². The Morgan fingerprint density at radius 2 is 1.59 bits per heavy atom. The molecule has 1 heterocycles. The average Bonchev–Trinajstić information content (AvgIpc) is 2.25. The van der Waals surface area contributed by atoms with E-state index in [0.29, 0.717) is 0 Å². The molecule has 0 aromatic carbocycles. The van der Waals surface area contributed by atoms with Gasteiger partial charge in [0, 0.05) is 0 Å². The fourth-order valence-corrected chi connectivity index (χ4v) is 2.68. The molecule has 5 atom stereocenters. The largest absolute Gasteiger partial charge is 0.393 e. The molecule has 17 heavy (non-hydrogen) atoms. The average molecular weight is 247 g/mol. The van der Waals surface area contributed by atoms with Crippen LogP contribution in [0.3, 0.4) is 0 Å². The van der Waals surface area contributed by atoms with E-state index in [2.05, 4.69) is 5.32 Å². The maximum atomic E-state index is 10.8. The molecule has 0 aliphatic carbocycles. The number of nitrogens with one attached hydrogen (secondary N) is 1. The third-order valence-electron chi connectivity index (χ3n) is 5.06. The van der Waals surface area contributed by atoms with Gasteiger partial charge in [-0.2, -0.15) is 0 Å². The molecule has 5 nitrogen and oxygen atoms in total. The third-order valence-corrected chi connectivity index (χ3v) is 5.06. The van der Waals surface area contributed by atoms with Crippen molar-refractivity contribution in [2.24, 2.45) is 0 Å². The quantitative estimate of drug-likeness (QED) is 0.535.